The average Bonchev–Trinajstić information content (AvgIpc) is 2.46. The van der Waals surface area contributed by atoms with Gasteiger partial charge in [-0.3, -0.25) is 0 Å². The number of carbonyl (C=O) groups is 1. The third kappa shape index (κ3) is 3.15. The van der Waals surface area contributed by atoms with Gasteiger partial charge in [-0.05, 0) is 31.5 Å². The molecule has 0 saturated heterocycles. The van der Waals surface area contributed by atoms with Gasteiger partial charge in [0.2, 0.25) is 5.89 Å². The summed E-state index contributed by atoms with van der Waals surface area (Å²) in [4.78, 5) is 27.3. The zero-order valence-corrected chi connectivity index (χ0v) is 11.5. The molecule has 0 spiro atoms. The lowest BCUT2D eigenvalue weighted by atomic mass is 10.1. The summed E-state index contributed by atoms with van der Waals surface area (Å²) in [6, 6.07) is 5.04. The third-order valence-corrected chi connectivity index (χ3v) is 2.72. The first-order valence-electron chi connectivity index (χ1n) is 6.25. The Bertz CT molecular complexity index is 828. The van der Waals surface area contributed by atoms with Crippen LogP contribution < -0.4 is 5.63 Å². The van der Waals surface area contributed by atoms with E-state index in [1.807, 2.05) is 6.07 Å². The first-order chi connectivity index (χ1) is 10.0. The fraction of sp³-hybridized carbons (Fsp3) is 0.200. The molecule has 0 N–H and O–H groups in total. The molecule has 21 heavy (non-hydrogen) atoms. The lowest BCUT2D eigenvalue weighted by molar-refractivity contribution is -0.137. The number of benzene rings is 1. The zero-order valence-electron chi connectivity index (χ0n) is 11.5. The number of hydrogen-bond donors (Lipinski definition) is 0. The Morgan fingerprint density at radius 2 is 2.29 bits per heavy atom. The molecule has 1 heterocycles. The first-order valence-corrected chi connectivity index (χ1v) is 6.25. The highest BCUT2D eigenvalue weighted by molar-refractivity contribution is 5.87. The normalized spacial score (nSPS) is 10.7. The summed E-state index contributed by atoms with van der Waals surface area (Å²) < 4.78 is 9.73. The van der Waals surface area contributed by atoms with Crippen molar-refractivity contribution in [1.29, 1.82) is 5.26 Å². The lowest BCUT2D eigenvalue weighted by Crippen LogP contribution is -2.05. The predicted molar refractivity (Wildman–Crippen MR) is 75.4 cm³/mol. The number of aromatic nitrogens is 1. The van der Waals surface area contributed by atoms with E-state index in [2.05, 4.69) is 4.98 Å². The Morgan fingerprint density at radius 3 is 2.95 bits per heavy atom. The van der Waals surface area contributed by atoms with Crippen LogP contribution >= 0.6 is 0 Å². The molecule has 0 fully saturated rings. The van der Waals surface area contributed by atoms with E-state index < -0.39 is 11.6 Å². The van der Waals surface area contributed by atoms with Gasteiger partial charge in [0.25, 0.3) is 0 Å². The van der Waals surface area contributed by atoms with Crippen molar-refractivity contribution < 1.29 is 13.9 Å². The summed E-state index contributed by atoms with van der Waals surface area (Å²) in [5, 5.41) is 9.13. The molecule has 2 rings (SSSR count). The molecule has 2 aromatic rings. The van der Waals surface area contributed by atoms with E-state index in [0.717, 1.165) is 6.08 Å². The molecule has 6 heteroatoms. The van der Waals surface area contributed by atoms with E-state index in [0.29, 0.717) is 16.6 Å². The van der Waals surface area contributed by atoms with Crippen LogP contribution in [0.2, 0.25) is 0 Å². The van der Waals surface area contributed by atoms with Gasteiger partial charge < -0.3 is 9.15 Å². The summed E-state index contributed by atoms with van der Waals surface area (Å²) in [6.45, 7) is 3.69. The van der Waals surface area contributed by atoms with E-state index in [1.165, 1.54) is 12.1 Å². The number of esters is 1. The van der Waals surface area contributed by atoms with Crippen molar-refractivity contribution in [1.82, 2.24) is 4.98 Å². The van der Waals surface area contributed by atoms with Crippen LogP contribution in [0.3, 0.4) is 0 Å². The highest BCUT2D eigenvalue weighted by Crippen LogP contribution is 2.16. The highest BCUT2D eigenvalue weighted by Gasteiger charge is 2.09. The number of rotatable bonds is 3. The molecule has 0 aliphatic carbocycles. The Labute approximate surface area is 120 Å². The van der Waals surface area contributed by atoms with Crippen LogP contribution in [-0.4, -0.2) is 17.6 Å². The molecule has 6 nitrogen and oxygen atoms in total. The van der Waals surface area contributed by atoms with Crippen LogP contribution in [0.25, 0.3) is 17.0 Å². The van der Waals surface area contributed by atoms with E-state index in [4.69, 9.17) is 14.4 Å². The second kappa shape index (κ2) is 6.01. The van der Waals surface area contributed by atoms with Gasteiger partial charge >= 0.3 is 11.6 Å². The quantitative estimate of drug-likeness (QED) is 0.631. The van der Waals surface area contributed by atoms with Crippen LogP contribution in [0.1, 0.15) is 23.9 Å². The molecule has 1 aromatic carbocycles. The molecule has 0 amide bonds. The van der Waals surface area contributed by atoms with Crippen molar-refractivity contribution in [3.05, 3.63) is 45.6 Å². The molecule has 0 radical (unpaired) electrons. The number of nitriles is 1. The number of carbonyl (C=O) groups excluding carboxylic acids is 1. The van der Waals surface area contributed by atoms with E-state index >= 15 is 0 Å². The highest BCUT2D eigenvalue weighted by atomic mass is 16.5. The van der Waals surface area contributed by atoms with Crippen molar-refractivity contribution in [3.63, 3.8) is 0 Å². The van der Waals surface area contributed by atoms with Crippen molar-refractivity contribution >= 4 is 22.9 Å². The van der Waals surface area contributed by atoms with Gasteiger partial charge in [0.15, 0.2) is 0 Å². The van der Waals surface area contributed by atoms with E-state index in [9.17, 15) is 9.59 Å². The Balaban J connectivity index is 2.51. The molecule has 0 aliphatic rings. The summed E-state index contributed by atoms with van der Waals surface area (Å²) in [5.74, 6) is -0.535. The average molecular weight is 284 g/mol. The Hall–Kier alpha value is -2.94. The van der Waals surface area contributed by atoms with Gasteiger partial charge in [0.1, 0.15) is 0 Å². The van der Waals surface area contributed by atoms with Gasteiger partial charge in [-0.1, -0.05) is 0 Å². The molecule has 106 valence electrons. The molecule has 1 aromatic heterocycles. The van der Waals surface area contributed by atoms with Crippen molar-refractivity contribution in [2.45, 2.75) is 13.8 Å². The molecule has 0 unspecified atom stereocenters. The fourth-order valence-electron chi connectivity index (χ4n) is 1.83. The van der Waals surface area contributed by atoms with Gasteiger partial charge in [-0.15, -0.1) is 0 Å². The molecule has 0 aliphatic heterocycles. The van der Waals surface area contributed by atoms with E-state index in [1.54, 1.807) is 19.9 Å². The summed E-state index contributed by atoms with van der Waals surface area (Å²) in [7, 11) is 0. The number of ether oxygens (including phenoxy) is 1. The molecular formula is C15H12N2O4. The SMILES string of the molecule is CCOC(=O)/C=C\c1nc2c(C)cc(C#N)cc2c(=O)o1. The number of hydrogen-bond acceptors (Lipinski definition) is 6. The number of fused-ring (bicyclic) bond motifs is 1. The minimum absolute atomic E-state index is 0.00774. The lowest BCUT2D eigenvalue weighted by Gasteiger charge is -2.02. The van der Waals surface area contributed by atoms with Crippen molar-refractivity contribution in [3.8, 4) is 6.07 Å². The van der Waals surface area contributed by atoms with Gasteiger partial charge in [0, 0.05) is 12.2 Å². The maximum Gasteiger partial charge on any atom is 0.347 e. The van der Waals surface area contributed by atoms with Gasteiger partial charge in [-0.2, -0.15) is 5.26 Å². The molecule has 0 saturated carbocycles. The molecular weight excluding hydrogens is 272 g/mol. The topological polar surface area (TPSA) is 93.2 Å². The van der Waals surface area contributed by atoms with Crippen LogP contribution in [0.5, 0.6) is 0 Å². The largest absolute Gasteiger partial charge is 0.463 e. The van der Waals surface area contributed by atoms with Gasteiger partial charge in [-0.25, -0.2) is 14.6 Å². The van der Waals surface area contributed by atoms with Crippen LogP contribution in [-0.2, 0) is 9.53 Å². The monoisotopic (exact) mass is 284 g/mol. The Kier molecular flexibility index (Phi) is 4.14. The first kappa shape index (κ1) is 14.5. The van der Waals surface area contributed by atoms with Gasteiger partial charge in [0.05, 0.1) is 29.1 Å². The summed E-state index contributed by atoms with van der Waals surface area (Å²) in [5.41, 5.74) is 0.879. The second-order valence-electron chi connectivity index (χ2n) is 4.23. The van der Waals surface area contributed by atoms with Crippen LogP contribution in [0.4, 0.5) is 0 Å². The summed E-state index contributed by atoms with van der Waals surface area (Å²) in [6.07, 6.45) is 2.41. The minimum Gasteiger partial charge on any atom is -0.463 e. The fourth-order valence-corrected chi connectivity index (χ4v) is 1.83. The maximum atomic E-state index is 11.9. The van der Waals surface area contributed by atoms with E-state index in [-0.39, 0.29) is 17.9 Å². The van der Waals surface area contributed by atoms with Crippen molar-refractivity contribution in [2.24, 2.45) is 0 Å². The standard InChI is InChI=1S/C15H12N2O4/c1-3-20-13(18)5-4-12-17-14-9(2)6-10(8-16)7-11(14)15(19)21-12/h4-7H,3H2,1-2H3/b5-4-. The summed E-state index contributed by atoms with van der Waals surface area (Å²) >= 11 is 0. The minimum atomic E-state index is -0.608. The smallest absolute Gasteiger partial charge is 0.347 e. The number of nitrogens with zero attached hydrogens (tertiary/aromatic N) is 2. The third-order valence-electron chi connectivity index (χ3n) is 2.72. The molecule has 0 bridgehead atoms. The Morgan fingerprint density at radius 1 is 1.52 bits per heavy atom. The second-order valence-corrected chi connectivity index (χ2v) is 4.23. The molecule has 0 atom stereocenters. The van der Waals surface area contributed by atoms with Crippen LogP contribution in [0.15, 0.2) is 27.4 Å². The number of aryl methyl sites for hydroxylation is 1. The maximum absolute atomic E-state index is 11.9. The zero-order chi connectivity index (χ0) is 15.4. The van der Waals surface area contributed by atoms with Crippen LogP contribution in [0, 0.1) is 18.3 Å². The predicted octanol–water partition coefficient (Wildman–Crippen LogP) is 1.94. The van der Waals surface area contributed by atoms with Crippen molar-refractivity contribution in [2.75, 3.05) is 6.61 Å².